The number of phenols is 1. The van der Waals surface area contributed by atoms with Gasteiger partial charge in [0, 0.05) is 10.0 Å². The van der Waals surface area contributed by atoms with Crippen molar-refractivity contribution in [3.05, 3.63) is 57.8 Å². The van der Waals surface area contributed by atoms with Gasteiger partial charge in [-0.05, 0) is 24.3 Å². The lowest BCUT2D eigenvalue weighted by molar-refractivity contribution is 0.0951. The molecular formula is C15H12BrFN2O3. The first-order chi connectivity index (χ1) is 10.5. The van der Waals surface area contributed by atoms with Crippen LogP contribution in [-0.4, -0.2) is 24.3 Å². The monoisotopic (exact) mass is 366 g/mol. The summed E-state index contributed by atoms with van der Waals surface area (Å²) in [6.45, 7) is 0. The summed E-state index contributed by atoms with van der Waals surface area (Å²) in [6.07, 6.45) is 1.24. The molecule has 2 aromatic rings. The predicted octanol–water partition coefficient (Wildman–Crippen LogP) is 3.07. The molecule has 5 nitrogen and oxygen atoms in total. The van der Waals surface area contributed by atoms with Crippen LogP contribution in [0.25, 0.3) is 0 Å². The van der Waals surface area contributed by atoms with Gasteiger partial charge in [-0.25, -0.2) is 9.82 Å². The Balaban J connectivity index is 2.15. The van der Waals surface area contributed by atoms with E-state index in [1.807, 2.05) is 0 Å². The first-order valence-corrected chi connectivity index (χ1v) is 6.96. The fraction of sp³-hybridized carbons (Fsp3) is 0.0667. The minimum Gasteiger partial charge on any atom is -0.504 e. The molecule has 0 saturated heterocycles. The van der Waals surface area contributed by atoms with Gasteiger partial charge in [-0.2, -0.15) is 5.10 Å². The van der Waals surface area contributed by atoms with Crippen LogP contribution in [0.1, 0.15) is 15.9 Å². The minimum absolute atomic E-state index is 0.115. The smallest absolute Gasteiger partial charge is 0.274 e. The molecule has 1 amide bonds. The fourth-order valence-corrected chi connectivity index (χ4v) is 2.17. The Morgan fingerprint density at radius 1 is 1.41 bits per heavy atom. The molecule has 0 aliphatic heterocycles. The Kier molecular flexibility index (Phi) is 5.11. The molecule has 0 bridgehead atoms. The second-order valence-electron chi connectivity index (χ2n) is 4.22. The number of nitrogens with one attached hydrogen (secondary N) is 1. The highest BCUT2D eigenvalue weighted by Crippen LogP contribution is 2.32. The fourth-order valence-electron chi connectivity index (χ4n) is 1.71. The summed E-state index contributed by atoms with van der Waals surface area (Å²) in [5.41, 5.74) is 2.41. The van der Waals surface area contributed by atoms with Gasteiger partial charge in [0.15, 0.2) is 11.5 Å². The zero-order valence-corrected chi connectivity index (χ0v) is 13.1. The molecule has 0 aliphatic carbocycles. The average molecular weight is 367 g/mol. The number of aromatic hydroxyl groups is 1. The highest BCUT2D eigenvalue weighted by atomic mass is 79.9. The number of phenolic OH excluding ortho intramolecular Hbond substituents is 1. The van der Waals surface area contributed by atoms with Crippen molar-refractivity contribution in [1.29, 1.82) is 0 Å². The maximum atomic E-state index is 13.4. The number of hydrazone groups is 1. The van der Waals surface area contributed by atoms with E-state index in [1.54, 1.807) is 18.2 Å². The van der Waals surface area contributed by atoms with E-state index >= 15 is 0 Å². The Labute approximate surface area is 134 Å². The SMILES string of the molecule is COc1cc(Br)cc(/C=N/NC(=O)c2ccccc2F)c1O. The molecule has 7 heteroatoms. The highest BCUT2D eigenvalue weighted by molar-refractivity contribution is 9.10. The molecule has 0 fully saturated rings. The number of halogens is 2. The normalized spacial score (nSPS) is 10.7. The third-order valence-electron chi connectivity index (χ3n) is 2.78. The van der Waals surface area contributed by atoms with Crippen LogP contribution in [0.2, 0.25) is 0 Å². The number of nitrogens with zero attached hydrogens (tertiary/aromatic N) is 1. The summed E-state index contributed by atoms with van der Waals surface area (Å²) < 4.78 is 19.1. The van der Waals surface area contributed by atoms with Crippen molar-refractivity contribution >= 4 is 28.1 Å². The van der Waals surface area contributed by atoms with Crippen LogP contribution in [0.3, 0.4) is 0 Å². The van der Waals surface area contributed by atoms with Gasteiger partial charge in [-0.1, -0.05) is 28.1 Å². The highest BCUT2D eigenvalue weighted by Gasteiger charge is 2.10. The molecule has 2 aromatic carbocycles. The van der Waals surface area contributed by atoms with Gasteiger partial charge in [-0.15, -0.1) is 0 Å². The molecule has 0 heterocycles. The van der Waals surface area contributed by atoms with Gasteiger partial charge in [0.25, 0.3) is 5.91 Å². The summed E-state index contributed by atoms with van der Waals surface area (Å²) in [6, 6.07) is 8.75. The third-order valence-corrected chi connectivity index (χ3v) is 3.24. The molecule has 114 valence electrons. The molecule has 0 saturated carbocycles. The number of carbonyl (C=O) groups excluding carboxylic acids is 1. The first-order valence-electron chi connectivity index (χ1n) is 6.17. The standard InChI is InChI=1S/C15H12BrFN2O3/c1-22-13-7-10(16)6-9(14(13)20)8-18-19-15(21)11-4-2-3-5-12(11)17/h2-8,20H,1H3,(H,19,21)/b18-8+. The number of methoxy groups -OCH3 is 1. The molecule has 0 unspecified atom stereocenters. The van der Waals surface area contributed by atoms with Crippen molar-refractivity contribution in [2.75, 3.05) is 7.11 Å². The van der Waals surface area contributed by atoms with Crippen LogP contribution in [0.4, 0.5) is 4.39 Å². The molecule has 0 radical (unpaired) electrons. The first kappa shape index (κ1) is 16.0. The molecule has 0 aromatic heterocycles. The van der Waals surface area contributed by atoms with Gasteiger partial charge in [-0.3, -0.25) is 4.79 Å². The predicted molar refractivity (Wildman–Crippen MR) is 83.8 cm³/mol. The lowest BCUT2D eigenvalue weighted by atomic mass is 10.2. The zero-order valence-electron chi connectivity index (χ0n) is 11.5. The number of ether oxygens (including phenoxy) is 1. The lowest BCUT2D eigenvalue weighted by Crippen LogP contribution is -2.18. The van der Waals surface area contributed by atoms with Crippen molar-refractivity contribution < 1.29 is 19.0 Å². The summed E-state index contributed by atoms with van der Waals surface area (Å²) in [7, 11) is 1.42. The van der Waals surface area contributed by atoms with Crippen LogP contribution in [0, 0.1) is 5.82 Å². The van der Waals surface area contributed by atoms with Gasteiger partial charge in [0.05, 0.1) is 18.9 Å². The number of hydrogen-bond acceptors (Lipinski definition) is 4. The van der Waals surface area contributed by atoms with Crippen LogP contribution in [0.5, 0.6) is 11.5 Å². The van der Waals surface area contributed by atoms with E-state index in [9.17, 15) is 14.3 Å². The summed E-state index contributed by atoms with van der Waals surface area (Å²) in [5.74, 6) is -1.18. The lowest BCUT2D eigenvalue weighted by Gasteiger charge is -2.06. The largest absolute Gasteiger partial charge is 0.504 e. The second-order valence-corrected chi connectivity index (χ2v) is 5.14. The average Bonchev–Trinajstić information content (AvgIpc) is 2.50. The molecule has 2 rings (SSSR count). The Morgan fingerprint density at radius 3 is 2.82 bits per heavy atom. The zero-order chi connectivity index (χ0) is 16.1. The van der Waals surface area contributed by atoms with Crippen molar-refractivity contribution in [2.45, 2.75) is 0 Å². The van der Waals surface area contributed by atoms with E-state index in [0.717, 1.165) is 0 Å². The third kappa shape index (κ3) is 3.62. The Bertz CT molecular complexity index is 735. The molecule has 0 aliphatic rings. The van der Waals surface area contributed by atoms with E-state index in [4.69, 9.17) is 4.74 Å². The van der Waals surface area contributed by atoms with Crippen LogP contribution in [-0.2, 0) is 0 Å². The second kappa shape index (κ2) is 7.04. The Hall–Kier alpha value is -2.41. The quantitative estimate of drug-likeness (QED) is 0.645. The molecule has 22 heavy (non-hydrogen) atoms. The summed E-state index contributed by atoms with van der Waals surface area (Å²) in [5, 5.41) is 13.6. The topological polar surface area (TPSA) is 70.9 Å². The van der Waals surface area contributed by atoms with Gasteiger partial charge < -0.3 is 9.84 Å². The molecule has 0 atom stereocenters. The number of carbonyl (C=O) groups is 1. The van der Waals surface area contributed by atoms with Crippen molar-refractivity contribution in [1.82, 2.24) is 5.43 Å². The number of rotatable bonds is 4. The Morgan fingerprint density at radius 2 is 2.14 bits per heavy atom. The summed E-state index contributed by atoms with van der Waals surface area (Å²) >= 11 is 3.27. The van der Waals surface area contributed by atoms with Gasteiger partial charge in [0.1, 0.15) is 5.82 Å². The van der Waals surface area contributed by atoms with Gasteiger partial charge in [0.2, 0.25) is 0 Å². The molecular weight excluding hydrogens is 355 g/mol. The maximum Gasteiger partial charge on any atom is 0.274 e. The van der Waals surface area contributed by atoms with Crippen LogP contribution in [0.15, 0.2) is 46.0 Å². The van der Waals surface area contributed by atoms with E-state index in [1.165, 1.54) is 31.5 Å². The van der Waals surface area contributed by atoms with E-state index in [2.05, 4.69) is 26.5 Å². The molecule has 0 spiro atoms. The van der Waals surface area contributed by atoms with Crippen LogP contribution < -0.4 is 10.2 Å². The van der Waals surface area contributed by atoms with Crippen molar-refractivity contribution in [3.8, 4) is 11.5 Å². The van der Waals surface area contributed by atoms with E-state index < -0.39 is 11.7 Å². The van der Waals surface area contributed by atoms with E-state index in [-0.39, 0.29) is 17.1 Å². The van der Waals surface area contributed by atoms with Crippen LogP contribution >= 0.6 is 15.9 Å². The van der Waals surface area contributed by atoms with Crippen molar-refractivity contribution in [3.63, 3.8) is 0 Å². The summed E-state index contributed by atoms with van der Waals surface area (Å²) in [4.78, 5) is 11.8. The number of hydrogen-bond donors (Lipinski definition) is 2. The maximum absolute atomic E-state index is 13.4. The van der Waals surface area contributed by atoms with E-state index in [0.29, 0.717) is 10.0 Å². The number of benzene rings is 2. The number of amides is 1. The van der Waals surface area contributed by atoms with Crippen molar-refractivity contribution in [2.24, 2.45) is 5.10 Å². The van der Waals surface area contributed by atoms with Gasteiger partial charge >= 0.3 is 0 Å². The molecule has 2 N–H and O–H groups in total. The minimum atomic E-state index is -0.684.